The van der Waals surface area contributed by atoms with Crippen LogP contribution in [-0.2, 0) is 16.1 Å². The van der Waals surface area contributed by atoms with Gasteiger partial charge in [-0.05, 0) is 68.1 Å². The lowest BCUT2D eigenvalue weighted by Gasteiger charge is -2.39. The summed E-state index contributed by atoms with van der Waals surface area (Å²) in [6.07, 6.45) is 2.79. The highest BCUT2D eigenvalue weighted by Gasteiger charge is 2.48. The average Bonchev–Trinajstić information content (AvgIpc) is 3.47. The van der Waals surface area contributed by atoms with Gasteiger partial charge in [-0.2, -0.15) is 0 Å². The molecule has 5 nitrogen and oxygen atoms in total. The van der Waals surface area contributed by atoms with Gasteiger partial charge >= 0.3 is 0 Å². The van der Waals surface area contributed by atoms with Gasteiger partial charge in [-0.15, -0.1) is 12.4 Å². The van der Waals surface area contributed by atoms with Crippen LogP contribution in [0.1, 0.15) is 43.2 Å². The molecule has 7 heteroatoms. The maximum atomic E-state index is 13.4. The number of hydrogen-bond donors (Lipinski definition) is 1. The molecule has 1 amide bonds. The highest BCUT2D eigenvalue weighted by atomic mass is 35.5. The van der Waals surface area contributed by atoms with E-state index < -0.39 is 0 Å². The summed E-state index contributed by atoms with van der Waals surface area (Å²) < 4.78 is 0. The number of ketones is 1. The number of piperidine rings is 1. The number of likely N-dealkylation sites (tertiary alicyclic amines) is 2. The van der Waals surface area contributed by atoms with Crippen LogP contribution in [0.25, 0.3) is 0 Å². The molecule has 3 atom stereocenters. The van der Waals surface area contributed by atoms with Gasteiger partial charge in [0, 0.05) is 43.0 Å². The van der Waals surface area contributed by atoms with E-state index in [0.29, 0.717) is 24.2 Å². The van der Waals surface area contributed by atoms with Crippen molar-refractivity contribution in [2.45, 2.75) is 38.6 Å². The van der Waals surface area contributed by atoms with Gasteiger partial charge < -0.3 is 15.1 Å². The van der Waals surface area contributed by atoms with Crippen molar-refractivity contribution < 1.29 is 9.59 Å². The Labute approximate surface area is 226 Å². The third kappa shape index (κ3) is 5.65. The van der Waals surface area contributed by atoms with E-state index in [9.17, 15) is 9.59 Å². The van der Waals surface area contributed by atoms with Crippen LogP contribution in [0.3, 0.4) is 0 Å². The first-order valence-corrected chi connectivity index (χ1v) is 13.4. The second kappa shape index (κ2) is 11.6. The average molecular weight is 531 g/mol. The van der Waals surface area contributed by atoms with E-state index in [-0.39, 0.29) is 29.7 Å². The quantitative estimate of drug-likeness (QED) is 0.560. The smallest absolute Gasteiger partial charge is 0.229 e. The molecule has 3 aliphatic heterocycles. The molecule has 3 unspecified atom stereocenters. The molecule has 1 spiro atoms. The van der Waals surface area contributed by atoms with E-state index in [0.717, 1.165) is 74.7 Å². The number of halogens is 2. The van der Waals surface area contributed by atoms with E-state index in [2.05, 4.69) is 22.3 Å². The minimum atomic E-state index is -0.201. The molecule has 0 bridgehead atoms. The van der Waals surface area contributed by atoms with Crippen molar-refractivity contribution >= 4 is 35.7 Å². The van der Waals surface area contributed by atoms with Gasteiger partial charge in [-0.25, -0.2) is 0 Å². The number of benzene rings is 2. The summed E-state index contributed by atoms with van der Waals surface area (Å²) in [5.74, 6) is 0.992. The fourth-order valence-electron chi connectivity index (χ4n) is 6.30. The fourth-order valence-corrected chi connectivity index (χ4v) is 6.42. The monoisotopic (exact) mass is 529 g/mol. The van der Waals surface area contributed by atoms with Gasteiger partial charge in [0.25, 0.3) is 0 Å². The van der Waals surface area contributed by atoms with E-state index in [1.165, 1.54) is 0 Å². The van der Waals surface area contributed by atoms with Crippen LogP contribution in [0.5, 0.6) is 0 Å². The van der Waals surface area contributed by atoms with Crippen LogP contribution < -0.4 is 5.32 Å². The standard InChI is InChI=1S/C29H36ClN3O2.ClH/c1-21(23-5-3-2-4-6-23)27(34)26-18-31-17-24(26)20-32-14-11-29(12-15-32)13-16-33(28(29)35)19-22-7-9-25(30)10-8-22;/h2-10,21,24,26,31H,11-20H2,1H3;1H. The maximum absolute atomic E-state index is 13.4. The highest BCUT2D eigenvalue weighted by Crippen LogP contribution is 2.42. The molecule has 194 valence electrons. The first-order valence-electron chi connectivity index (χ1n) is 13.0. The summed E-state index contributed by atoms with van der Waals surface area (Å²) in [4.78, 5) is 31.2. The number of nitrogens with one attached hydrogen (secondary N) is 1. The molecule has 0 radical (unpaired) electrons. The second-order valence-corrected chi connectivity index (χ2v) is 11.2. The van der Waals surface area contributed by atoms with Crippen LogP contribution in [-0.4, -0.2) is 60.8 Å². The van der Waals surface area contributed by atoms with E-state index in [1.807, 2.05) is 54.3 Å². The van der Waals surface area contributed by atoms with E-state index in [1.54, 1.807) is 0 Å². The Morgan fingerprint density at radius 2 is 1.69 bits per heavy atom. The molecule has 0 aliphatic carbocycles. The molecule has 3 heterocycles. The SMILES string of the molecule is CC(C(=O)C1CNCC1CN1CCC2(CC1)CCN(Cc1ccc(Cl)cc1)C2=O)c1ccccc1.Cl. The minimum Gasteiger partial charge on any atom is -0.338 e. The third-order valence-corrected chi connectivity index (χ3v) is 8.88. The Kier molecular flexibility index (Phi) is 8.77. The second-order valence-electron chi connectivity index (χ2n) is 10.7. The van der Waals surface area contributed by atoms with Crippen molar-refractivity contribution in [3.63, 3.8) is 0 Å². The van der Waals surface area contributed by atoms with Gasteiger partial charge in [0.1, 0.15) is 5.78 Å². The molecular formula is C29H37Cl2N3O2. The number of rotatable bonds is 7. The topological polar surface area (TPSA) is 52.7 Å². The zero-order chi connectivity index (χ0) is 24.4. The molecule has 0 saturated carbocycles. The normalized spacial score (nSPS) is 24.6. The van der Waals surface area contributed by atoms with Crippen molar-refractivity contribution in [2.24, 2.45) is 17.3 Å². The lowest BCUT2D eigenvalue weighted by molar-refractivity contribution is -0.139. The van der Waals surface area contributed by atoms with E-state index >= 15 is 0 Å². The summed E-state index contributed by atoms with van der Waals surface area (Å²) >= 11 is 6.01. The van der Waals surface area contributed by atoms with Gasteiger partial charge in [0.2, 0.25) is 5.91 Å². The first-order chi connectivity index (χ1) is 16.9. The van der Waals surface area contributed by atoms with E-state index in [4.69, 9.17) is 11.6 Å². The lowest BCUT2D eigenvalue weighted by atomic mass is 9.76. The maximum Gasteiger partial charge on any atom is 0.229 e. The molecule has 5 rings (SSSR count). The summed E-state index contributed by atoms with van der Waals surface area (Å²) in [5, 5.41) is 4.19. The van der Waals surface area contributed by atoms with Crippen molar-refractivity contribution in [1.29, 1.82) is 0 Å². The zero-order valence-electron chi connectivity index (χ0n) is 21.0. The predicted octanol–water partition coefficient (Wildman–Crippen LogP) is 4.78. The molecule has 2 aromatic carbocycles. The molecular weight excluding hydrogens is 493 g/mol. The summed E-state index contributed by atoms with van der Waals surface area (Å²) in [7, 11) is 0. The summed E-state index contributed by atoms with van der Waals surface area (Å²) in [6.45, 7) is 8.02. The Hall–Kier alpha value is -1.92. The third-order valence-electron chi connectivity index (χ3n) is 8.63. The fraction of sp³-hybridized carbons (Fsp3) is 0.517. The largest absolute Gasteiger partial charge is 0.338 e. The molecule has 3 saturated heterocycles. The number of nitrogens with zero attached hydrogens (tertiary/aromatic N) is 2. The van der Waals surface area contributed by atoms with Crippen LogP contribution in [0.15, 0.2) is 54.6 Å². The minimum absolute atomic E-state index is 0. The predicted molar refractivity (Wildman–Crippen MR) is 147 cm³/mol. The molecule has 1 N–H and O–H groups in total. The first kappa shape index (κ1) is 27.1. The van der Waals surface area contributed by atoms with Gasteiger partial charge in [-0.3, -0.25) is 9.59 Å². The van der Waals surface area contributed by atoms with Gasteiger partial charge in [0.15, 0.2) is 0 Å². The highest BCUT2D eigenvalue weighted by molar-refractivity contribution is 6.30. The zero-order valence-corrected chi connectivity index (χ0v) is 22.6. The Morgan fingerprint density at radius 3 is 2.39 bits per heavy atom. The molecule has 0 aromatic heterocycles. The number of hydrogen-bond acceptors (Lipinski definition) is 4. The van der Waals surface area contributed by atoms with Gasteiger partial charge in [0.05, 0.1) is 5.41 Å². The lowest BCUT2D eigenvalue weighted by Crippen LogP contribution is -2.46. The van der Waals surface area contributed by atoms with Crippen molar-refractivity contribution in [2.75, 3.05) is 39.3 Å². The van der Waals surface area contributed by atoms with Crippen molar-refractivity contribution in [3.05, 3.63) is 70.7 Å². The van der Waals surface area contributed by atoms with Crippen LogP contribution in [0.4, 0.5) is 0 Å². The number of Topliss-reactive ketones (excluding diaryl/α,β-unsaturated/α-hetero) is 1. The van der Waals surface area contributed by atoms with Crippen molar-refractivity contribution in [3.8, 4) is 0 Å². The van der Waals surface area contributed by atoms with Crippen LogP contribution in [0, 0.1) is 17.3 Å². The molecule has 3 fully saturated rings. The Bertz CT molecular complexity index is 1040. The number of carbonyl (C=O) groups is 2. The molecule has 3 aliphatic rings. The van der Waals surface area contributed by atoms with Crippen molar-refractivity contribution in [1.82, 2.24) is 15.1 Å². The molecule has 36 heavy (non-hydrogen) atoms. The Balaban J connectivity index is 0.00000304. The summed E-state index contributed by atoms with van der Waals surface area (Å²) in [6, 6.07) is 17.9. The van der Waals surface area contributed by atoms with Crippen LogP contribution in [0.2, 0.25) is 5.02 Å². The van der Waals surface area contributed by atoms with Crippen LogP contribution >= 0.6 is 24.0 Å². The number of carbonyl (C=O) groups excluding carboxylic acids is 2. The van der Waals surface area contributed by atoms with Gasteiger partial charge in [-0.1, -0.05) is 61.0 Å². The Morgan fingerprint density at radius 1 is 1.03 bits per heavy atom. The summed E-state index contributed by atoms with van der Waals surface area (Å²) in [5.41, 5.74) is 2.03. The molecule has 2 aromatic rings. The number of amides is 1.